The molecule has 1 atom stereocenters. The molecule has 0 bridgehead atoms. The minimum absolute atomic E-state index is 0.166. The molecule has 1 amide bonds. The van der Waals surface area contributed by atoms with Crippen LogP contribution in [0.1, 0.15) is 35.6 Å². The summed E-state index contributed by atoms with van der Waals surface area (Å²) in [5.74, 6) is -3.48. The number of anilines is 2. The molecule has 9 heteroatoms. The van der Waals surface area contributed by atoms with Crippen LogP contribution in [0.15, 0.2) is 78.9 Å². The number of hydrogen-bond acceptors (Lipinski definition) is 6. The van der Waals surface area contributed by atoms with E-state index >= 15 is 0 Å². The Kier molecular flexibility index (Phi) is 9.88. The quantitative estimate of drug-likeness (QED) is 0.386. The van der Waals surface area contributed by atoms with Crippen LogP contribution in [0.2, 0.25) is 0 Å². The Bertz CT molecular complexity index is 1280. The van der Waals surface area contributed by atoms with E-state index in [4.69, 9.17) is 19.8 Å². The molecule has 3 N–H and O–H groups in total. The van der Waals surface area contributed by atoms with Gasteiger partial charge in [0.2, 0.25) is 5.91 Å². The number of aliphatic hydroxyl groups is 1. The van der Waals surface area contributed by atoms with Gasteiger partial charge in [0.15, 0.2) is 0 Å². The van der Waals surface area contributed by atoms with Crippen molar-refractivity contribution in [3.8, 4) is 0 Å². The number of amides is 1. The number of hydrogen-bond donors (Lipinski definition) is 3. The van der Waals surface area contributed by atoms with E-state index in [1.54, 1.807) is 0 Å². The van der Waals surface area contributed by atoms with Crippen molar-refractivity contribution in [2.75, 3.05) is 42.5 Å². The van der Waals surface area contributed by atoms with Crippen molar-refractivity contribution >= 4 is 29.2 Å². The maximum absolute atomic E-state index is 12.6. The number of rotatable bonds is 7. The predicted octanol–water partition coefficient (Wildman–Crippen LogP) is 3.57. The average molecular weight is 546 g/mol. The number of fused-ring (bicyclic) bond motifs is 1. The van der Waals surface area contributed by atoms with Gasteiger partial charge >= 0.3 is 11.9 Å². The number of benzene rings is 3. The fourth-order valence-electron chi connectivity index (χ4n) is 5.07. The molecule has 0 radical (unpaired) electrons. The maximum atomic E-state index is 12.6. The second-order valence-corrected chi connectivity index (χ2v) is 9.93. The summed E-state index contributed by atoms with van der Waals surface area (Å²) in [5, 5.41) is 25.7. The number of piperazine rings is 1. The summed E-state index contributed by atoms with van der Waals surface area (Å²) in [6.07, 6.45) is 1.49. The van der Waals surface area contributed by atoms with E-state index in [9.17, 15) is 9.90 Å². The predicted molar refractivity (Wildman–Crippen MR) is 152 cm³/mol. The Morgan fingerprint density at radius 1 is 0.800 bits per heavy atom. The average Bonchev–Trinajstić information content (AvgIpc) is 2.98. The zero-order chi connectivity index (χ0) is 28.5. The van der Waals surface area contributed by atoms with Crippen LogP contribution in [0.5, 0.6) is 0 Å². The van der Waals surface area contributed by atoms with Gasteiger partial charge in [-0.15, -0.1) is 0 Å². The smallest absolute Gasteiger partial charge is 0.414 e. The number of aliphatic hydroxyl groups excluding tert-OH is 1. The number of nitrogens with zero attached hydrogens (tertiary/aromatic N) is 3. The van der Waals surface area contributed by atoms with Gasteiger partial charge in [-0.2, -0.15) is 0 Å². The molecule has 9 nitrogen and oxygen atoms in total. The number of carboxylic acid groups (broad SMARTS) is 2. The van der Waals surface area contributed by atoms with E-state index in [2.05, 4.69) is 58.3 Å². The Labute approximate surface area is 233 Å². The SMILES string of the molecule is O=C(O)C(=O)O.O=C1CCc2cc(C(O)CCN3CCN(c4ccccc4)CC3)ccc2N1Cc1ccccc1. The van der Waals surface area contributed by atoms with Gasteiger partial charge in [-0.25, -0.2) is 9.59 Å². The lowest BCUT2D eigenvalue weighted by Gasteiger charge is -2.36. The summed E-state index contributed by atoms with van der Waals surface area (Å²) >= 11 is 0. The van der Waals surface area contributed by atoms with Crippen molar-refractivity contribution in [3.63, 3.8) is 0 Å². The molecule has 3 aromatic rings. The lowest BCUT2D eigenvalue weighted by atomic mass is 9.95. The highest BCUT2D eigenvalue weighted by Crippen LogP contribution is 2.32. The Hall–Kier alpha value is -4.21. The molecule has 2 heterocycles. The summed E-state index contributed by atoms with van der Waals surface area (Å²) < 4.78 is 0. The van der Waals surface area contributed by atoms with E-state index in [1.807, 2.05) is 35.2 Å². The van der Waals surface area contributed by atoms with Gasteiger partial charge in [0.05, 0.1) is 12.6 Å². The molecule has 40 heavy (non-hydrogen) atoms. The number of aryl methyl sites for hydroxylation is 1. The maximum Gasteiger partial charge on any atom is 0.414 e. The van der Waals surface area contributed by atoms with Gasteiger partial charge in [-0.3, -0.25) is 9.69 Å². The fraction of sp³-hybridized carbons (Fsp3) is 0.323. The van der Waals surface area contributed by atoms with Crippen molar-refractivity contribution in [2.24, 2.45) is 0 Å². The third-order valence-corrected chi connectivity index (χ3v) is 7.27. The number of carbonyl (C=O) groups excluding carboxylic acids is 1. The number of carbonyl (C=O) groups is 3. The molecule has 1 unspecified atom stereocenters. The highest BCUT2D eigenvalue weighted by Gasteiger charge is 2.25. The number of aliphatic carboxylic acids is 2. The molecular weight excluding hydrogens is 510 g/mol. The molecule has 2 aliphatic rings. The molecule has 0 spiro atoms. The fourth-order valence-corrected chi connectivity index (χ4v) is 5.07. The van der Waals surface area contributed by atoms with Crippen LogP contribution in [0.3, 0.4) is 0 Å². The minimum atomic E-state index is -1.82. The Morgan fingerprint density at radius 2 is 1.43 bits per heavy atom. The summed E-state index contributed by atoms with van der Waals surface area (Å²) in [4.78, 5) is 37.6. The van der Waals surface area contributed by atoms with Crippen LogP contribution < -0.4 is 9.80 Å². The van der Waals surface area contributed by atoms with Gasteiger partial charge in [-0.1, -0.05) is 60.7 Å². The molecule has 0 aliphatic carbocycles. The largest absolute Gasteiger partial charge is 0.473 e. The van der Waals surface area contributed by atoms with Crippen LogP contribution in [0, 0.1) is 0 Å². The lowest BCUT2D eigenvalue weighted by molar-refractivity contribution is -0.159. The van der Waals surface area contributed by atoms with Crippen LogP contribution in [0.25, 0.3) is 0 Å². The molecule has 5 rings (SSSR count). The minimum Gasteiger partial charge on any atom is -0.473 e. The van der Waals surface area contributed by atoms with Crippen LogP contribution in [-0.2, 0) is 27.3 Å². The molecule has 0 saturated carbocycles. The molecule has 1 fully saturated rings. The van der Waals surface area contributed by atoms with E-state index in [0.717, 1.165) is 67.9 Å². The third kappa shape index (κ3) is 7.68. The summed E-state index contributed by atoms with van der Waals surface area (Å²) in [5.41, 5.74) is 5.50. The first-order chi connectivity index (χ1) is 19.3. The van der Waals surface area contributed by atoms with Crippen LogP contribution in [0.4, 0.5) is 11.4 Å². The van der Waals surface area contributed by atoms with Gasteiger partial charge in [-0.05, 0) is 47.7 Å². The van der Waals surface area contributed by atoms with E-state index in [0.29, 0.717) is 13.0 Å². The molecule has 1 saturated heterocycles. The van der Waals surface area contributed by atoms with Gasteiger partial charge in [0.25, 0.3) is 0 Å². The first kappa shape index (κ1) is 28.8. The summed E-state index contributed by atoms with van der Waals surface area (Å²) in [6, 6.07) is 26.8. The Balaban J connectivity index is 0.000000557. The van der Waals surface area contributed by atoms with E-state index < -0.39 is 18.0 Å². The van der Waals surface area contributed by atoms with Crippen molar-refractivity contribution in [2.45, 2.75) is 31.9 Å². The first-order valence-electron chi connectivity index (χ1n) is 13.5. The van der Waals surface area contributed by atoms with Gasteiger partial charge in [0, 0.05) is 50.5 Å². The molecule has 0 aromatic heterocycles. The highest BCUT2D eigenvalue weighted by atomic mass is 16.4. The van der Waals surface area contributed by atoms with Crippen LogP contribution >= 0.6 is 0 Å². The zero-order valence-corrected chi connectivity index (χ0v) is 22.4. The van der Waals surface area contributed by atoms with Crippen molar-refractivity contribution in [1.29, 1.82) is 0 Å². The molecule has 2 aliphatic heterocycles. The lowest BCUT2D eigenvalue weighted by Crippen LogP contribution is -2.46. The number of para-hydroxylation sites is 1. The standard InChI is InChI=1S/C29H33N3O2.C2H2O4/c33-28(15-16-30-17-19-31(20-18-30)26-9-5-2-6-10-26)25-11-13-27-24(21-25)12-14-29(34)32(27)22-23-7-3-1-4-8-23;3-1(4)2(5)6/h1-11,13,21,28,33H,12,14-20,22H2;(H,3,4)(H,5,6). The summed E-state index contributed by atoms with van der Waals surface area (Å²) in [6.45, 7) is 5.54. The zero-order valence-electron chi connectivity index (χ0n) is 22.4. The molecule has 210 valence electrons. The van der Waals surface area contributed by atoms with Crippen molar-refractivity contribution < 1.29 is 29.7 Å². The monoisotopic (exact) mass is 545 g/mol. The van der Waals surface area contributed by atoms with Crippen molar-refractivity contribution in [1.82, 2.24) is 4.90 Å². The first-order valence-corrected chi connectivity index (χ1v) is 13.5. The summed E-state index contributed by atoms with van der Waals surface area (Å²) in [7, 11) is 0. The number of carboxylic acids is 2. The van der Waals surface area contributed by atoms with E-state index in [1.165, 1.54) is 5.69 Å². The molecular formula is C31H35N3O6. The second-order valence-electron chi connectivity index (χ2n) is 9.93. The van der Waals surface area contributed by atoms with E-state index in [-0.39, 0.29) is 5.91 Å². The normalized spacial score (nSPS) is 16.0. The van der Waals surface area contributed by atoms with Crippen LogP contribution in [-0.4, -0.2) is 70.8 Å². The molecule has 3 aromatic carbocycles. The second kappa shape index (κ2) is 13.7. The van der Waals surface area contributed by atoms with Gasteiger partial charge < -0.3 is 25.1 Å². The Morgan fingerprint density at radius 3 is 2.05 bits per heavy atom. The highest BCUT2D eigenvalue weighted by molar-refractivity contribution is 6.27. The van der Waals surface area contributed by atoms with Gasteiger partial charge in [0.1, 0.15) is 0 Å². The van der Waals surface area contributed by atoms with Crippen molar-refractivity contribution in [3.05, 3.63) is 95.6 Å². The third-order valence-electron chi connectivity index (χ3n) is 7.27. The topological polar surface area (TPSA) is 122 Å².